The molecule has 0 fully saturated rings. The number of amides is 1. The van der Waals surface area contributed by atoms with Gasteiger partial charge in [0.25, 0.3) is 11.6 Å². The Balaban J connectivity index is 1.77. The van der Waals surface area contributed by atoms with Crippen molar-refractivity contribution >= 4 is 46.1 Å². The first-order chi connectivity index (χ1) is 12.8. The molecule has 1 amide bonds. The second-order valence-corrected chi connectivity index (χ2v) is 7.44. The normalized spacial score (nSPS) is 10.6. The van der Waals surface area contributed by atoms with Crippen LogP contribution in [0, 0.1) is 10.1 Å². The summed E-state index contributed by atoms with van der Waals surface area (Å²) in [7, 11) is 1.60. The Morgan fingerprint density at radius 2 is 1.93 bits per heavy atom. The maximum Gasteiger partial charge on any atom is 0.273 e. The fourth-order valence-electron chi connectivity index (χ4n) is 2.42. The third-order valence-electron chi connectivity index (χ3n) is 3.81. The lowest BCUT2D eigenvalue weighted by molar-refractivity contribution is -0.384. The first-order valence-electron chi connectivity index (χ1n) is 7.75. The molecule has 0 bridgehead atoms. The monoisotopic (exact) mass is 421 g/mol. The van der Waals surface area contributed by atoms with Gasteiger partial charge in [0.1, 0.15) is 10.7 Å². The quantitative estimate of drug-likeness (QED) is 0.413. The third kappa shape index (κ3) is 4.44. The van der Waals surface area contributed by atoms with Crippen molar-refractivity contribution in [2.45, 2.75) is 6.54 Å². The number of carbonyl (C=O) groups excluding carboxylic acids is 1. The summed E-state index contributed by atoms with van der Waals surface area (Å²) in [6, 6.07) is 11.3. The first kappa shape index (κ1) is 19.3. The molecular weight excluding hydrogens is 409 g/mol. The topological polar surface area (TPSA) is 76.3 Å². The molecule has 1 heterocycles. The van der Waals surface area contributed by atoms with Gasteiger partial charge < -0.3 is 4.90 Å². The van der Waals surface area contributed by atoms with Gasteiger partial charge in [0.15, 0.2) is 0 Å². The number of hydrogen-bond donors (Lipinski definition) is 0. The van der Waals surface area contributed by atoms with Crippen LogP contribution in [0.4, 0.5) is 5.69 Å². The standard InChI is InChI=1S/C18H13Cl2N3O3S/c1-22(9-12-8-14(23(25)26)6-7-15(12)20)18(24)16-10-27-17(21-16)11-2-4-13(19)5-3-11/h2-8,10H,9H2,1H3. The van der Waals surface area contributed by atoms with Gasteiger partial charge in [-0.05, 0) is 23.8 Å². The van der Waals surface area contributed by atoms with Gasteiger partial charge in [-0.25, -0.2) is 4.98 Å². The molecule has 0 saturated heterocycles. The van der Waals surface area contributed by atoms with E-state index in [1.807, 2.05) is 12.1 Å². The Kier molecular flexibility index (Phi) is 5.74. The van der Waals surface area contributed by atoms with E-state index < -0.39 is 4.92 Å². The van der Waals surface area contributed by atoms with E-state index in [1.54, 1.807) is 24.6 Å². The van der Waals surface area contributed by atoms with Crippen molar-refractivity contribution in [3.05, 3.63) is 79.3 Å². The van der Waals surface area contributed by atoms with Crippen LogP contribution < -0.4 is 0 Å². The van der Waals surface area contributed by atoms with Crippen LogP contribution in [-0.4, -0.2) is 27.8 Å². The number of hydrogen-bond acceptors (Lipinski definition) is 5. The minimum Gasteiger partial charge on any atom is -0.336 e. The van der Waals surface area contributed by atoms with Crippen LogP contribution in [0.15, 0.2) is 47.8 Å². The summed E-state index contributed by atoms with van der Waals surface area (Å²) in [5.74, 6) is -0.297. The van der Waals surface area contributed by atoms with Crippen molar-refractivity contribution in [2.24, 2.45) is 0 Å². The molecular formula is C18H13Cl2N3O3S. The van der Waals surface area contributed by atoms with Gasteiger partial charge in [0, 0.05) is 46.7 Å². The molecule has 0 spiro atoms. The van der Waals surface area contributed by atoms with Crippen LogP contribution in [0.3, 0.4) is 0 Å². The summed E-state index contributed by atoms with van der Waals surface area (Å²) in [6.45, 7) is 0.132. The zero-order valence-corrected chi connectivity index (χ0v) is 16.4. The molecule has 0 aliphatic carbocycles. The molecule has 0 aliphatic rings. The number of non-ortho nitro benzene ring substituents is 1. The highest BCUT2D eigenvalue weighted by Gasteiger charge is 2.18. The molecule has 2 aromatic carbocycles. The van der Waals surface area contributed by atoms with Gasteiger partial charge in [-0.2, -0.15) is 0 Å². The van der Waals surface area contributed by atoms with E-state index in [4.69, 9.17) is 23.2 Å². The molecule has 0 saturated carbocycles. The fourth-order valence-corrected chi connectivity index (χ4v) is 3.52. The van der Waals surface area contributed by atoms with Crippen LogP contribution in [0.2, 0.25) is 10.0 Å². The van der Waals surface area contributed by atoms with Crippen molar-refractivity contribution in [2.75, 3.05) is 7.05 Å². The van der Waals surface area contributed by atoms with E-state index in [9.17, 15) is 14.9 Å². The Morgan fingerprint density at radius 1 is 1.22 bits per heavy atom. The third-order valence-corrected chi connectivity index (χ3v) is 5.32. The lowest BCUT2D eigenvalue weighted by atomic mass is 10.2. The molecule has 138 valence electrons. The van der Waals surface area contributed by atoms with E-state index in [0.29, 0.717) is 26.3 Å². The number of carbonyl (C=O) groups is 1. The second kappa shape index (κ2) is 8.04. The summed E-state index contributed by atoms with van der Waals surface area (Å²) in [4.78, 5) is 28.9. The van der Waals surface area contributed by atoms with E-state index in [0.717, 1.165) is 5.56 Å². The molecule has 9 heteroatoms. The Morgan fingerprint density at radius 3 is 2.59 bits per heavy atom. The minimum atomic E-state index is -0.500. The molecule has 3 rings (SSSR count). The predicted molar refractivity (Wildman–Crippen MR) is 106 cm³/mol. The highest BCUT2D eigenvalue weighted by molar-refractivity contribution is 7.13. The molecule has 0 aliphatic heterocycles. The molecule has 0 unspecified atom stereocenters. The van der Waals surface area contributed by atoms with Crippen LogP contribution in [0.1, 0.15) is 16.1 Å². The summed E-state index contributed by atoms with van der Waals surface area (Å²) >= 11 is 13.3. The summed E-state index contributed by atoms with van der Waals surface area (Å²) in [6.07, 6.45) is 0. The molecule has 1 aromatic heterocycles. The van der Waals surface area contributed by atoms with Gasteiger partial charge in [-0.3, -0.25) is 14.9 Å². The predicted octanol–water partition coefficient (Wildman–Crippen LogP) is 5.30. The van der Waals surface area contributed by atoms with E-state index in [2.05, 4.69) is 4.98 Å². The fraction of sp³-hybridized carbons (Fsp3) is 0.111. The van der Waals surface area contributed by atoms with Crippen molar-refractivity contribution in [3.8, 4) is 10.6 Å². The summed E-state index contributed by atoms with van der Waals surface area (Å²) < 4.78 is 0. The minimum absolute atomic E-state index is 0.0751. The van der Waals surface area contributed by atoms with Gasteiger partial charge in [-0.15, -0.1) is 11.3 Å². The number of aromatic nitrogens is 1. The van der Waals surface area contributed by atoms with Gasteiger partial charge >= 0.3 is 0 Å². The number of rotatable bonds is 5. The number of thiazole rings is 1. The molecule has 0 atom stereocenters. The van der Waals surface area contributed by atoms with Crippen LogP contribution in [0.25, 0.3) is 10.6 Å². The van der Waals surface area contributed by atoms with Crippen LogP contribution in [-0.2, 0) is 6.54 Å². The summed E-state index contributed by atoms with van der Waals surface area (Å²) in [5.41, 5.74) is 1.59. The largest absolute Gasteiger partial charge is 0.336 e. The van der Waals surface area contributed by atoms with Gasteiger partial charge in [0.05, 0.1) is 4.92 Å². The van der Waals surface area contributed by atoms with E-state index >= 15 is 0 Å². The van der Waals surface area contributed by atoms with Crippen molar-refractivity contribution in [1.82, 2.24) is 9.88 Å². The molecule has 3 aromatic rings. The van der Waals surface area contributed by atoms with Crippen molar-refractivity contribution in [3.63, 3.8) is 0 Å². The lowest BCUT2D eigenvalue weighted by Crippen LogP contribution is -2.26. The zero-order valence-electron chi connectivity index (χ0n) is 14.1. The van der Waals surface area contributed by atoms with Gasteiger partial charge in [0.2, 0.25) is 0 Å². The lowest BCUT2D eigenvalue weighted by Gasteiger charge is -2.16. The highest BCUT2D eigenvalue weighted by atomic mass is 35.5. The average molecular weight is 422 g/mol. The van der Waals surface area contributed by atoms with E-state index in [1.165, 1.54) is 34.4 Å². The maximum atomic E-state index is 12.6. The van der Waals surface area contributed by atoms with Gasteiger partial charge in [-0.1, -0.05) is 35.3 Å². The van der Waals surface area contributed by atoms with Crippen molar-refractivity contribution < 1.29 is 9.72 Å². The average Bonchev–Trinajstić information content (AvgIpc) is 3.13. The maximum absolute atomic E-state index is 12.6. The number of benzene rings is 2. The smallest absolute Gasteiger partial charge is 0.273 e. The highest BCUT2D eigenvalue weighted by Crippen LogP contribution is 2.27. The Labute approximate surface area is 169 Å². The molecule has 0 radical (unpaired) electrons. The molecule has 6 nitrogen and oxygen atoms in total. The molecule has 0 N–H and O–H groups in total. The SMILES string of the molecule is CN(Cc1cc([N+](=O)[O-])ccc1Cl)C(=O)c1csc(-c2ccc(Cl)cc2)n1. The number of nitrogens with zero attached hydrogens (tertiary/aromatic N) is 3. The van der Waals surface area contributed by atoms with E-state index in [-0.39, 0.29) is 18.1 Å². The molecule has 27 heavy (non-hydrogen) atoms. The van der Waals surface area contributed by atoms with Crippen molar-refractivity contribution in [1.29, 1.82) is 0 Å². The number of halogens is 2. The Bertz CT molecular complexity index is 1010. The first-order valence-corrected chi connectivity index (χ1v) is 9.38. The van der Waals surface area contributed by atoms with Crippen LogP contribution >= 0.6 is 34.5 Å². The zero-order chi connectivity index (χ0) is 19.6. The Hall–Kier alpha value is -2.48. The summed E-state index contributed by atoms with van der Waals surface area (Å²) in [5, 5.41) is 14.3. The number of nitro benzene ring substituents is 1. The van der Waals surface area contributed by atoms with Crippen LogP contribution in [0.5, 0.6) is 0 Å². The number of nitro groups is 1. The second-order valence-electron chi connectivity index (χ2n) is 5.74.